The fraction of sp³-hybridized carbons (Fsp3) is 0.385. The van der Waals surface area contributed by atoms with Crippen molar-refractivity contribution in [3.63, 3.8) is 0 Å². The summed E-state index contributed by atoms with van der Waals surface area (Å²) in [5, 5.41) is 0. The summed E-state index contributed by atoms with van der Waals surface area (Å²) in [5.41, 5.74) is 2.47. The summed E-state index contributed by atoms with van der Waals surface area (Å²) in [5.74, 6) is 0.868. The normalized spacial score (nSPS) is 15.7. The highest BCUT2D eigenvalue weighted by atomic mass is 35.5. The Labute approximate surface area is 115 Å². The van der Waals surface area contributed by atoms with Crippen LogP contribution in [0.25, 0.3) is 0 Å². The lowest BCUT2D eigenvalue weighted by molar-refractivity contribution is 0.245. The number of fused-ring (bicyclic) bond motifs is 1. The molecule has 1 aliphatic rings. The number of aryl methyl sites for hydroxylation is 1. The highest BCUT2D eigenvalue weighted by Crippen LogP contribution is 2.25. The van der Waals surface area contributed by atoms with Crippen LogP contribution < -0.4 is 0 Å². The van der Waals surface area contributed by atoms with Gasteiger partial charge in [-0.3, -0.25) is 4.90 Å². The zero-order valence-corrected chi connectivity index (χ0v) is 11.8. The molecule has 3 nitrogen and oxygen atoms in total. The standard InChI is InChI=1S/C13H14ClN3S/c1-9-15-6-10-7-17(5-4-12(10)16-9)8-11-2-3-13(14)18-11/h2-3,6H,4-5,7-8H2,1H3. The van der Waals surface area contributed by atoms with Gasteiger partial charge in [0.2, 0.25) is 0 Å². The number of aromatic nitrogens is 2. The molecule has 3 rings (SSSR count). The van der Waals surface area contributed by atoms with Gasteiger partial charge in [0.1, 0.15) is 5.82 Å². The van der Waals surface area contributed by atoms with E-state index in [1.165, 1.54) is 16.1 Å². The van der Waals surface area contributed by atoms with Gasteiger partial charge < -0.3 is 0 Å². The number of hydrogen-bond acceptors (Lipinski definition) is 4. The van der Waals surface area contributed by atoms with Gasteiger partial charge in [0.25, 0.3) is 0 Å². The molecule has 18 heavy (non-hydrogen) atoms. The zero-order chi connectivity index (χ0) is 12.5. The minimum absolute atomic E-state index is 0.862. The average Bonchev–Trinajstić information content (AvgIpc) is 2.75. The van der Waals surface area contributed by atoms with E-state index >= 15 is 0 Å². The van der Waals surface area contributed by atoms with E-state index in [0.29, 0.717) is 0 Å². The van der Waals surface area contributed by atoms with Crippen LogP contribution in [0.1, 0.15) is 22.0 Å². The molecule has 5 heteroatoms. The SMILES string of the molecule is Cc1ncc2c(n1)CCN(Cc1ccc(Cl)s1)C2. The van der Waals surface area contributed by atoms with Crippen molar-refractivity contribution in [2.24, 2.45) is 0 Å². The molecule has 0 bridgehead atoms. The van der Waals surface area contributed by atoms with E-state index < -0.39 is 0 Å². The smallest absolute Gasteiger partial charge is 0.125 e. The minimum atomic E-state index is 0.862. The third-order valence-electron chi connectivity index (χ3n) is 3.14. The van der Waals surface area contributed by atoms with Gasteiger partial charge >= 0.3 is 0 Å². The Morgan fingerprint density at radius 3 is 3.11 bits per heavy atom. The summed E-state index contributed by atoms with van der Waals surface area (Å²) in [6.45, 7) is 4.90. The Balaban J connectivity index is 1.73. The topological polar surface area (TPSA) is 29.0 Å². The van der Waals surface area contributed by atoms with Crippen LogP contribution in [0.5, 0.6) is 0 Å². The number of thiophene rings is 1. The van der Waals surface area contributed by atoms with Gasteiger partial charge in [-0.1, -0.05) is 11.6 Å². The van der Waals surface area contributed by atoms with Crippen LogP contribution in [0.2, 0.25) is 4.34 Å². The second-order valence-corrected chi connectivity index (χ2v) is 6.36. The molecule has 0 fully saturated rings. The van der Waals surface area contributed by atoms with Crippen LogP contribution in [0, 0.1) is 6.92 Å². The number of halogens is 1. The molecule has 94 valence electrons. The summed E-state index contributed by atoms with van der Waals surface area (Å²) in [6.07, 6.45) is 2.98. The fourth-order valence-electron chi connectivity index (χ4n) is 2.27. The summed E-state index contributed by atoms with van der Waals surface area (Å²) in [6, 6.07) is 4.07. The van der Waals surface area contributed by atoms with Crippen LogP contribution in [0.3, 0.4) is 0 Å². The van der Waals surface area contributed by atoms with Crippen LogP contribution in [0.15, 0.2) is 18.3 Å². The van der Waals surface area contributed by atoms with E-state index in [4.69, 9.17) is 11.6 Å². The van der Waals surface area contributed by atoms with Crippen LogP contribution in [0.4, 0.5) is 0 Å². The van der Waals surface area contributed by atoms with Crippen LogP contribution in [-0.2, 0) is 19.5 Å². The molecule has 0 saturated carbocycles. The average molecular weight is 280 g/mol. The summed E-state index contributed by atoms with van der Waals surface area (Å²) < 4.78 is 0.862. The molecule has 0 aliphatic carbocycles. The monoisotopic (exact) mass is 279 g/mol. The molecule has 0 unspecified atom stereocenters. The molecule has 3 heterocycles. The highest BCUT2D eigenvalue weighted by Gasteiger charge is 2.18. The van der Waals surface area contributed by atoms with Crippen molar-refractivity contribution in [3.05, 3.63) is 44.6 Å². The molecule has 0 radical (unpaired) electrons. The van der Waals surface area contributed by atoms with E-state index in [1.807, 2.05) is 19.2 Å². The lowest BCUT2D eigenvalue weighted by Gasteiger charge is -2.27. The van der Waals surface area contributed by atoms with Crippen molar-refractivity contribution in [1.29, 1.82) is 0 Å². The van der Waals surface area contributed by atoms with Gasteiger partial charge in [0.15, 0.2) is 0 Å². The van der Waals surface area contributed by atoms with Crippen molar-refractivity contribution in [1.82, 2.24) is 14.9 Å². The first-order valence-corrected chi connectivity index (χ1v) is 7.18. The maximum absolute atomic E-state index is 5.96. The largest absolute Gasteiger partial charge is 0.293 e. The van der Waals surface area contributed by atoms with Gasteiger partial charge in [-0.05, 0) is 19.1 Å². The van der Waals surface area contributed by atoms with Gasteiger partial charge in [-0.2, -0.15) is 0 Å². The van der Waals surface area contributed by atoms with Crippen LogP contribution >= 0.6 is 22.9 Å². The Morgan fingerprint density at radius 1 is 1.44 bits per heavy atom. The molecule has 2 aromatic rings. The lowest BCUT2D eigenvalue weighted by Crippen LogP contribution is -2.30. The molecule has 0 spiro atoms. The second kappa shape index (κ2) is 4.96. The molecular weight excluding hydrogens is 266 g/mol. The summed E-state index contributed by atoms with van der Waals surface area (Å²) in [4.78, 5) is 12.5. The first-order valence-electron chi connectivity index (χ1n) is 5.98. The number of rotatable bonds is 2. The molecule has 0 N–H and O–H groups in total. The minimum Gasteiger partial charge on any atom is -0.293 e. The maximum atomic E-state index is 5.96. The van der Waals surface area contributed by atoms with Crippen molar-refractivity contribution < 1.29 is 0 Å². The zero-order valence-electron chi connectivity index (χ0n) is 10.2. The molecular formula is C13H14ClN3S. The van der Waals surface area contributed by atoms with E-state index in [-0.39, 0.29) is 0 Å². The molecule has 2 aromatic heterocycles. The Morgan fingerprint density at radius 2 is 2.33 bits per heavy atom. The van der Waals surface area contributed by atoms with Crippen molar-refractivity contribution in [2.75, 3.05) is 6.54 Å². The van der Waals surface area contributed by atoms with Crippen molar-refractivity contribution in [3.8, 4) is 0 Å². The predicted octanol–water partition coefficient (Wildman–Crippen LogP) is 3.06. The summed E-state index contributed by atoms with van der Waals surface area (Å²) >= 11 is 7.61. The van der Waals surface area contributed by atoms with Gasteiger partial charge in [0.05, 0.1) is 4.34 Å². The van der Waals surface area contributed by atoms with E-state index in [1.54, 1.807) is 11.3 Å². The first kappa shape index (κ1) is 12.1. The lowest BCUT2D eigenvalue weighted by atomic mass is 10.1. The van der Waals surface area contributed by atoms with E-state index in [9.17, 15) is 0 Å². The Hall–Kier alpha value is -0.970. The van der Waals surface area contributed by atoms with Gasteiger partial charge in [-0.25, -0.2) is 9.97 Å². The fourth-order valence-corrected chi connectivity index (χ4v) is 3.40. The number of nitrogens with zero attached hydrogens (tertiary/aromatic N) is 3. The van der Waals surface area contributed by atoms with E-state index in [0.717, 1.165) is 36.2 Å². The third kappa shape index (κ3) is 2.55. The highest BCUT2D eigenvalue weighted by molar-refractivity contribution is 7.16. The molecule has 0 aromatic carbocycles. The number of hydrogen-bond donors (Lipinski definition) is 0. The second-order valence-electron chi connectivity index (χ2n) is 4.56. The van der Waals surface area contributed by atoms with Crippen molar-refractivity contribution in [2.45, 2.75) is 26.4 Å². The maximum Gasteiger partial charge on any atom is 0.125 e. The first-order chi connectivity index (χ1) is 8.70. The molecule has 0 amide bonds. The van der Waals surface area contributed by atoms with Gasteiger partial charge in [-0.15, -0.1) is 11.3 Å². The molecule has 1 aliphatic heterocycles. The third-order valence-corrected chi connectivity index (χ3v) is 4.36. The predicted molar refractivity (Wildman–Crippen MR) is 73.9 cm³/mol. The summed E-state index contributed by atoms with van der Waals surface area (Å²) in [7, 11) is 0. The Kier molecular flexibility index (Phi) is 3.33. The van der Waals surface area contributed by atoms with E-state index in [2.05, 4.69) is 20.9 Å². The molecule has 0 atom stereocenters. The molecule has 0 saturated heterocycles. The quantitative estimate of drug-likeness (QED) is 0.846. The van der Waals surface area contributed by atoms with Crippen LogP contribution in [-0.4, -0.2) is 21.4 Å². The Bertz CT molecular complexity index is 567. The van der Waals surface area contributed by atoms with Gasteiger partial charge in [0, 0.05) is 48.4 Å². The van der Waals surface area contributed by atoms with Crippen molar-refractivity contribution >= 4 is 22.9 Å².